The minimum Gasteiger partial charge on any atom is -0.382 e. The molecule has 2 aliphatic rings. The largest absolute Gasteiger partial charge is 0.382 e. The van der Waals surface area contributed by atoms with Crippen molar-refractivity contribution in [3.8, 4) is 11.3 Å². The Morgan fingerprint density at radius 1 is 1.13 bits per heavy atom. The van der Waals surface area contributed by atoms with Gasteiger partial charge in [-0.2, -0.15) is 0 Å². The fraction of sp³-hybridized carbons (Fsp3) is 0.348. The number of fused-ring (bicyclic) bond motifs is 1. The highest BCUT2D eigenvalue weighted by molar-refractivity contribution is 6.02. The molecule has 8 nitrogen and oxygen atoms in total. The third kappa shape index (κ3) is 3.86. The lowest BCUT2D eigenvalue weighted by Gasteiger charge is -2.32. The Balaban J connectivity index is 0.00000245. The van der Waals surface area contributed by atoms with Gasteiger partial charge in [-0.15, -0.1) is 5.10 Å². The number of hydrogen-bond acceptors (Lipinski definition) is 6. The highest BCUT2D eigenvalue weighted by atomic mass is 16.5. The molecule has 31 heavy (non-hydrogen) atoms. The van der Waals surface area contributed by atoms with Crippen molar-refractivity contribution in [2.45, 2.75) is 31.6 Å². The van der Waals surface area contributed by atoms with Crippen molar-refractivity contribution in [2.24, 2.45) is 22.6 Å². The first-order valence-electron chi connectivity index (χ1n) is 10.7. The molecule has 0 spiro atoms. The topological polar surface area (TPSA) is 123 Å². The van der Waals surface area contributed by atoms with Crippen LogP contribution in [0.1, 0.15) is 44.2 Å². The van der Waals surface area contributed by atoms with Gasteiger partial charge in [0, 0.05) is 31.6 Å². The quantitative estimate of drug-likeness (QED) is 0.252. The summed E-state index contributed by atoms with van der Waals surface area (Å²) in [5.41, 5.74) is 11.9. The molecule has 0 radical (unpaired) electrons. The standard InChI is InChI=1S/C23H26N6O2.H2/c24-22(26-28-25)18-7-8-20-19(13-18)21(31-27-20)16-3-1-14(2-4-16)15-9-11-29(12-10-15)23(30)17-5-6-17;/h1-4,7-8,13,15,17,28H,5-6,9-12,25H2,(H2,24,26);1H. The maximum absolute atomic E-state index is 12.3. The molecule has 5 N–H and O–H groups in total. The van der Waals surface area contributed by atoms with Gasteiger partial charge in [0.2, 0.25) is 5.91 Å². The minimum absolute atomic E-state index is 0. The number of carbonyl (C=O) groups is 1. The van der Waals surface area contributed by atoms with Gasteiger partial charge in [-0.3, -0.25) is 4.79 Å². The number of amidine groups is 1. The lowest BCUT2D eigenvalue weighted by Crippen LogP contribution is -2.38. The molecule has 2 heterocycles. The summed E-state index contributed by atoms with van der Waals surface area (Å²) in [4.78, 5) is 14.3. The number of nitrogens with one attached hydrogen (secondary N) is 1. The Bertz CT molecular complexity index is 1130. The van der Waals surface area contributed by atoms with Crippen LogP contribution in [0.25, 0.3) is 22.2 Å². The number of hydrazine groups is 1. The van der Waals surface area contributed by atoms with Crippen molar-refractivity contribution >= 4 is 22.6 Å². The van der Waals surface area contributed by atoms with Gasteiger partial charge in [-0.05, 0) is 55.4 Å². The van der Waals surface area contributed by atoms with Crippen molar-refractivity contribution in [3.63, 3.8) is 0 Å². The summed E-state index contributed by atoms with van der Waals surface area (Å²) in [6.07, 6.45) is 4.17. The maximum Gasteiger partial charge on any atom is 0.225 e. The van der Waals surface area contributed by atoms with Crippen LogP contribution in [0, 0.1) is 5.92 Å². The maximum atomic E-state index is 12.3. The second kappa shape index (κ2) is 8.03. The molecular weight excluding hydrogens is 392 g/mol. The molecule has 1 aliphatic heterocycles. The van der Waals surface area contributed by atoms with E-state index in [1.165, 1.54) is 5.56 Å². The van der Waals surface area contributed by atoms with Crippen molar-refractivity contribution in [1.29, 1.82) is 0 Å². The van der Waals surface area contributed by atoms with Gasteiger partial charge in [-0.1, -0.05) is 29.4 Å². The average molecular weight is 421 g/mol. The SMILES string of the molecule is NN/N=C(\N)c1ccc2noc(-c3ccc(C4CCN(C(=O)C5CC5)CC4)cc3)c2c1.[HH]. The van der Waals surface area contributed by atoms with Crippen LogP contribution in [0.5, 0.6) is 0 Å². The zero-order valence-corrected chi connectivity index (χ0v) is 17.3. The highest BCUT2D eigenvalue weighted by Gasteiger charge is 2.35. The molecule has 5 rings (SSSR count). The first-order chi connectivity index (χ1) is 15.1. The van der Waals surface area contributed by atoms with E-state index in [1.807, 2.05) is 18.2 Å². The molecule has 1 saturated carbocycles. The van der Waals surface area contributed by atoms with E-state index >= 15 is 0 Å². The smallest absolute Gasteiger partial charge is 0.225 e. The summed E-state index contributed by atoms with van der Waals surface area (Å²) in [6.45, 7) is 1.72. The second-order valence-corrected chi connectivity index (χ2v) is 8.37. The molecule has 1 aromatic heterocycles. The van der Waals surface area contributed by atoms with E-state index in [0.717, 1.165) is 60.8 Å². The number of hydrogen-bond donors (Lipinski definition) is 3. The summed E-state index contributed by atoms with van der Waals surface area (Å²) >= 11 is 0. The van der Waals surface area contributed by atoms with Gasteiger partial charge in [-0.25, -0.2) is 11.4 Å². The van der Waals surface area contributed by atoms with Crippen LogP contribution in [0.15, 0.2) is 52.1 Å². The number of rotatable bonds is 5. The molecule has 2 fully saturated rings. The molecule has 0 bridgehead atoms. The Morgan fingerprint density at radius 2 is 1.87 bits per heavy atom. The fourth-order valence-electron chi connectivity index (χ4n) is 4.37. The number of nitrogens with zero attached hydrogens (tertiary/aromatic N) is 3. The summed E-state index contributed by atoms with van der Waals surface area (Å²) < 4.78 is 5.63. The van der Waals surface area contributed by atoms with Crippen molar-refractivity contribution in [1.82, 2.24) is 15.6 Å². The number of aromatic nitrogens is 1. The van der Waals surface area contributed by atoms with Crippen LogP contribution >= 0.6 is 0 Å². The van der Waals surface area contributed by atoms with E-state index in [2.05, 4.69) is 45.0 Å². The molecule has 1 amide bonds. The van der Waals surface area contributed by atoms with Crippen LogP contribution in [-0.2, 0) is 4.79 Å². The van der Waals surface area contributed by atoms with Crippen LogP contribution in [-0.4, -0.2) is 34.9 Å². The number of nitrogens with two attached hydrogens (primary N) is 2. The molecule has 0 atom stereocenters. The minimum atomic E-state index is 0. The Labute approximate surface area is 181 Å². The first-order valence-corrected chi connectivity index (χ1v) is 10.7. The van der Waals surface area contributed by atoms with Crippen molar-refractivity contribution < 1.29 is 10.7 Å². The predicted octanol–water partition coefficient (Wildman–Crippen LogP) is 2.94. The number of carbonyl (C=O) groups excluding carboxylic acids is 1. The summed E-state index contributed by atoms with van der Waals surface area (Å²) in [6, 6.07) is 14.0. The lowest BCUT2D eigenvalue weighted by molar-refractivity contribution is -0.133. The number of hydrazone groups is 1. The van der Waals surface area contributed by atoms with E-state index in [-0.39, 0.29) is 1.43 Å². The second-order valence-electron chi connectivity index (χ2n) is 8.37. The van der Waals surface area contributed by atoms with Gasteiger partial charge in [0.1, 0.15) is 5.52 Å². The molecule has 1 saturated heterocycles. The first kappa shape index (κ1) is 19.6. The molecule has 0 unspecified atom stereocenters. The van der Waals surface area contributed by atoms with E-state index in [0.29, 0.717) is 29.3 Å². The number of amides is 1. The number of piperidine rings is 1. The van der Waals surface area contributed by atoms with Gasteiger partial charge >= 0.3 is 0 Å². The number of likely N-dealkylation sites (tertiary alicyclic amines) is 1. The van der Waals surface area contributed by atoms with E-state index in [1.54, 1.807) is 0 Å². The van der Waals surface area contributed by atoms with Crippen LogP contribution in [0.3, 0.4) is 0 Å². The van der Waals surface area contributed by atoms with Crippen molar-refractivity contribution in [2.75, 3.05) is 13.1 Å². The zero-order valence-electron chi connectivity index (χ0n) is 17.3. The van der Waals surface area contributed by atoms with E-state index in [9.17, 15) is 4.79 Å². The van der Waals surface area contributed by atoms with Gasteiger partial charge < -0.3 is 15.2 Å². The monoisotopic (exact) mass is 420 g/mol. The zero-order chi connectivity index (χ0) is 21.4. The van der Waals surface area contributed by atoms with Crippen LogP contribution in [0.4, 0.5) is 0 Å². The van der Waals surface area contributed by atoms with Crippen LogP contribution in [0.2, 0.25) is 0 Å². The normalized spacial score (nSPS) is 17.8. The highest BCUT2D eigenvalue weighted by Crippen LogP contribution is 2.35. The Morgan fingerprint density at radius 3 is 2.55 bits per heavy atom. The fourth-order valence-corrected chi connectivity index (χ4v) is 4.37. The summed E-state index contributed by atoms with van der Waals surface area (Å²) in [5, 5.41) is 8.86. The van der Waals surface area contributed by atoms with Gasteiger partial charge in [0.15, 0.2) is 11.6 Å². The van der Waals surface area contributed by atoms with Gasteiger partial charge in [0.05, 0.1) is 5.39 Å². The molecule has 2 aromatic carbocycles. The van der Waals surface area contributed by atoms with Crippen molar-refractivity contribution in [3.05, 3.63) is 53.6 Å². The molecule has 3 aromatic rings. The Kier molecular flexibility index (Phi) is 5.07. The van der Waals surface area contributed by atoms with E-state index in [4.69, 9.17) is 16.1 Å². The molecule has 162 valence electrons. The third-order valence-corrected chi connectivity index (χ3v) is 6.33. The van der Waals surface area contributed by atoms with Gasteiger partial charge in [0.25, 0.3) is 0 Å². The molecular formula is C23H28N6O2. The van der Waals surface area contributed by atoms with Crippen LogP contribution < -0.4 is 17.1 Å². The molecule has 1 aliphatic carbocycles. The average Bonchev–Trinajstić information content (AvgIpc) is 3.58. The summed E-state index contributed by atoms with van der Waals surface area (Å²) in [7, 11) is 0. The predicted molar refractivity (Wildman–Crippen MR) is 121 cm³/mol. The lowest BCUT2D eigenvalue weighted by atomic mass is 9.88. The number of benzene rings is 2. The summed E-state index contributed by atoms with van der Waals surface area (Å²) in [5.74, 6) is 7.36. The molecule has 8 heteroatoms. The third-order valence-electron chi connectivity index (χ3n) is 6.33. The van der Waals surface area contributed by atoms with E-state index < -0.39 is 0 Å². The Hall–Kier alpha value is -3.39.